The summed E-state index contributed by atoms with van der Waals surface area (Å²) in [5.74, 6) is -2.06. The van der Waals surface area contributed by atoms with Crippen LogP contribution < -0.4 is 5.73 Å². The summed E-state index contributed by atoms with van der Waals surface area (Å²) >= 11 is 0. The number of carbonyl (C=O) groups is 1. The number of hydrogen-bond donors (Lipinski definition) is 2. The third kappa shape index (κ3) is 4.72. The topological polar surface area (TPSA) is 153 Å². The molecule has 10 nitrogen and oxygen atoms in total. The standard InChI is InChI=1S/C15H18N4O6S2/c1-10-8-12(18-6-4-5-7-18)13(26(2,21)22)9-11(10)14(20)19(15(16)17)25-27(3,23)24/h4-9H,1-3H3,(H3,16,17). The maximum atomic E-state index is 12.7. The molecule has 0 atom stereocenters. The molecule has 2 aromatic rings. The van der Waals surface area contributed by atoms with Crippen LogP contribution in [0.3, 0.4) is 0 Å². The van der Waals surface area contributed by atoms with Gasteiger partial charge >= 0.3 is 0 Å². The number of benzene rings is 1. The number of guanidine groups is 1. The van der Waals surface area contributed by atoms with E-state index in [1.54, 1.807) is 29.1 Å². The number of sulfone groups is 1. The number of carbonyl (C=O) groups excluding carboxylic acids is 1. The fraction of sp³-hybridized carbons (Fsp3) is 0.200. The van der Waals surface area contributed by atoms with Gasteiger partial charge in [-0.2, -0.15) is 8.42 Å². The Morgan fingerprint density at radius 2 is 1.70 bits per heavy atom. The van der Waals surface area contributed by atoms with Crippen LogP contribution in [0, 0.1) is 12.3 Å². The zero-order chi connectivity index (χ0) is 20.6. The highest BCUT2D eigenvalue weighted by atomic mass is 32.2. The maximum Gasteiger partial charge on any atom is 0.286 e. The van der Waals surface area contributed by atoms with Gasteiger partial charge in [0.15, 0.2) is 9.84 Å². The third-order valence-corrected chi connectivity index (χ3v) is 4.98. The Morgan fingerprint density at radius 1 is 1.15 bits per heavy atom. The summed E-state index contributed by atoms with van der Waals surface area (Å²) in [6, 6.07) is 5.97. The number of nitrogens with zero attached hydrogens (tertiary/aromatic N) is 2. The molecular weight excluding hydrogens is 396 g/mol. The molecule has 0 fully saturated rings. The van der Waals surface area contributed by atoms with E-state index in [4.69, 9.17) is 11.1 Å². The molecule has 1 aromatic carbocycles. The summed E-state index contributed by atoms with van der Waals surface area (Å²) < 4.78 is 53.2. The fourth-order valence-electron chi connectivity index (χ4n) is 2.33. The Balaban J connectivity index is 2.67. The molecule has 0 spiro atoms. The van der Waals surface area contributed by atoms with Gasteiger partial charge in [-0.3, -0.25) is 10.2 Å². The van der Waals surface area contributed by atoms with Gasteiger partial charge in [0.05, 0.1) is 16.8 Å². The molecule has 0 saturated heterocycles. The minimum absolute atomic E-state index is 0.0824. The number of nitrogens with two attached hydrogens (primary N) is 1. The van der Waals surface area contributed by atoms with Crippen LogP contribution in [0.15, 0.2) is 41.6 Å². The van der Waals surface area contributed by atoms with Gasteiger partial charge in [0.1, 0.15) is 0 Å². The van der Waals surface area contributed by atoms with Gasteiger partial charge in [-0.25, -0.2) is 8.42 Å². The van der Waals surface area contributed by atoms with E-state index in [0.29, 0.717) is 17.5 Å². The molecule has 0 aliphatic carbocycles. The van der Waals surface area contributed by atoms with Crippen molar-refractivity contribution in [1.82, 2.24) is 9.63 Å². The van der Waals surface area contributed by atoms with Gasteiger partial charge < -0.3 is 10.3 Å². The van der Waals surface area contributed by atoms with Crippen LogP contribution in [0.1, 0.15) is 15.9 Å². The van der Waals surface area contributed by atoms with Crippen molar-refractivity contribution in [2.75, 3.05) is 12.5 Å². The number of nitrogens with one attached hydrogen (secondary N) is 1. The van der Waals surface area contributed by atoms with Crippen LogP contribution >= 0.6 is 0 Å². The Kier molecular flexibility index (Phi) is 5.45. The van der Waals surface area contributed by atoms with Gasteiger partial charge in [-0.1, -0.05) is 0 Å². The second kappa shape index (κ2) is 7.13. The number of aryl methyl sites for hydroxylation is 1. The minimum atomic E-state index is -4.15. The lowest BCUT2D eigenvalue weighted by molar-refractivity contribution is 0.0200. The third-order valence-electron chi connectivity index (χ3n) is 3.43. The predicted octanol–water partition coefficient (Wildman–Crippen LogP) is 0.416. The van der Waals surface area contributed by atoms with E-state index in [-0.39, 0.29) is 15.5 Å². The Morgan fingerprint density at radius 3 is 2.15 bits per heavy atom. The van der Waals surface area contributed by atoms with E-state index in [2.05, 4.69) is 4.28 Å². The SMILES string of the molecule is Cc1cc(-n2cccc2)c(S(C)(=O)=O)cc1C(=O)N(OS(C)(=O)=O)C(=N)N. The molecule has 1 amide bonds. The van der Waals surface area contributed by atoms with E-state index in [1.165, 1.54) is 13.0 Å². The molecule has 0 unspecified atom stereocenters. The zero-order valence-corrected chi connectivity index (χ0v) is 16.3. The first kappa shape index (κ1) is 20.6. The number of aromatic nitrogens is 1. The van der Waals surface area contributed by atoms with E-state index >= 15 is 0 Å². The Hall–Kier alpha value is -2.70. The highest BCUT2D eigenvalue weighted by Crippen LogP contribution is 2.26. The fourth-order valence-corrected chi connectivity index (χ4v) is 3.62. The molecular formula is C15H18N4O6S2. The second-order valence-corrected chi connectivity index (χ2v) is 9.30. The maximum absolute atomic E-state index is 12.7. The van der Waals surface area contributed by atoms with Crippen LogP contribution in [-0.2, 0) is 24.2 Å². The van der Waals surface area contributed by atoms with Gasteiger partial charge in [-0.05, 0) is 36.8 Å². The average Bonchev–Trinajstić information content (AvgIpc) is 3.03. The number of amides is 1. The van der Waals surface area contributed by atoms with Gasteiger partial charge in [0.25, 0.3) is 16.0 Å². The van der Waals surface area contributed by atoms with Crippen LogP contribution in [0.25, 0.3) is 5.69 Å². The van der Waals surface area contributed by atoms with Crippen molar-refractivity contribution in [3.8, 4) is 5.69 Å². The zero-order valence-electron chi connectivity index (χ0n) is 14.7. The first-order valence-electron chi connectivity index (χ1n) is 7.37. The minimum Gasteiger partial charge on any atom is -0.368 e. The van der Waals surface area contributed by atoms with Crippen molar-refractivity contribution < 1.29 is 25.9 Å². The molecule has 0 radical (unpaired) electrons. The normalized spacial score (nSPS) is 12.0. The summed E-state index contributed by atoms with van der Waals surface area (Å²) in [5, 5.41) is 7.47. The predicted molar refractivity (Wildman–Crippen MR) is 97.6 cm³/mol. The Labute approximate surface area is 156 Å². The van der Waals surface area contributed by atoms with Crippen molar-refractivity contribution in [2.45, 2.75) is 11.8 Å². The van der Waals surface area contributed by atoms with Crippen LogP contribution in [0.2, 0.25) is 0 Å². The molecule has 3 N–H and O–H groups in total. The van der Waals surface area contributed by atoms with E-state index in [0.717, 1.165) is 12.3 Å². The quantitative estimate of drug-likeness (QED) is 0.408. The summed E-state index contributed by atoms with van der Waals surface area (Å²) in [7, 11) is -7.90. The molecule has 12 heteroatoms. The highest BCUT2D eigenvalue weighted by Gasteiger charge is 2.28. The van der Waals surface area contributed by atoms with Crippen LogP contribution in [-0.4, -0.2) is 50.8 Å². The molecule has 0 saturated carbocycles. The average molecular weight is 414 g/mol. The lowest BCUT2D eigenvalue weighted by Gasteiger charge is -2.20. The summed E-state index contributed by atoms with van der Waals surface area (Å²) in [6.45, 7) is 1.53. The number of hydrogen-bond acceptors (Lipinski definition) is 7. The number of hydroxylamine groups is 2. The first-order chi connectivity index (χ1) is 12.3. The van der Waals surface area contributed by atoms with Crippen molar-refractivity contribution >= 4 is 31.8 Å². The van der Waals surface area contributed by atoms with E-state index in [1.807, 2.05) is 0 Å². The molecule has 0 bridgehead atoms. The molecule has 1 aromatic heterocycles. The van der Waals surface area contributed by atoms with Gasteiger partial charge in [-0.15, -0.1) is 9.35 Å². The van der Waals surface area contributed by atoms with E-state index in [9.17, 15) is 21.6 Å². The monoisotopic (exact) mass is 414 g/mol. The number of rotatable bonds is 5. The second-order valence-electron chi connectivity index (χ2n) is 5.76. The lowest BCUT2D eigenvalue weighted by atomic mass is 10.1. The van der Waals surface area contributed by atoms with Gasteiger partial charge in [0, 0.05) is 24.2 Å². The van der Waals surface area contributed by atoms with Crippen LogP contribution in [0.4, 0.5) is 0 Å². The molecule has 27 heavy (non-hydrogen) atoms. The molecule has 0 aliphatic rings. The molecule has 146 valence electrons. The van der Waals surface area contributed by atoms with Crippen molar-refractivity contribution in [3.63, 3.8) is 0 Å². The van der Waals surface area contributed by atoms with Crippen molar-refractivity contribution in [3.05, 3.63) is 47.8 Å². The van der Waals surface area contributed by atoms with Gasteiger partial charge in [0.2, 0.25) is 5.96 Å². The van der Waals surface area contributed by atoms with Crippen molar-refractivity contribution in [2.24, 2.45) is 5.73 Å². The summed E-state index contributed by atoms with van der Waals surface area (Å²) in [6.07, 6.45) is 4.94. The Bertz CT molecular complexity index is 1110. The van der Waals surface area contributed by atoms with Crippen LogP contribution in [0.5, 0.6) is 0 Å². The smallest absolute Gasteiger partial charge is 0.286 e. The highest BCUT2D eigenvalue weighted by molar-refractivity contribution is 7.90. The lowest BCUT2D eigenvalue weighted by Crippen LogP contribution is -2.42. The first-order valence-corrected chi connectivity index (χ1v) is 11.1. The van der Waals surface area contributed by atoms with Crippen molar-refractivity contribution in [1.29, 1.82) is 5.41 Å². The summed E-state index contributed by atoms with van der Waals surface area (Å²) in [5.41, 5.74) is 5.71. The summed E-state index contributed by atoms with van der Waals surface area (Å²) in [4.78, 5) is 12.5. The molecule has 2 rings (SSSR count). The molecule has 0 aliphatic heterocycles. The molecule has 1 heterocycles. The largest absolute Gasteiger partial charge is 0.368 e. The van der Waals surface area contributed by atoms with E-state index < -0.39 is 31.8 Å².